The van der Waals surface area contributed by atoms with Crippen molar-refractivity contribution in [3.8, 4) is 0 Å². The molecule has 8 heteroatoms. The zero-order chi connectivity index (χ0) is 18.8. The molecule has 27 heavy (non-hydrogen) atoms. The summed E-state index contributed by atoms with van der Waals surface area (Å²) in [5.41, 5.74) is 2.53. The molecule has 0 radical (unpaired) electrons. The highest BCUT2D eigenvalue weighted by Crippen LogP contribution is 2.13. The average Bonchev–Trinajstić information content (AvgIpc) is 2.92. The van der Waals surface area contributed by atoms with Crippen LogP contribution in [0.1, 0.15) is 11.4 Å². The van der Waals surface area contributed by atoms with E-state index >= 15 is 0 Å². The lowest BCUT2D eigenvalue weighted by molar-refractivity contribution is 0.719. The fourth-order valence-corrected chi connectivity index (χ4v) is 3.03. The van der Waals surface area contributed by atoms with Gasteiger partial charge in [0.15, 0.2) is 0 Å². The molecule has 8 nitrogen and oxygen atoms in total. The predicted octanol–water partition coefficient (Wildman–Crippen LogP) is 1.48. The minimum absolute atomic E-state index is 0.152. The first-order valence-electron chi connectivity index (χ1n) is 8.50. The molecule has 0 aliphatic rings. The number of nitrogens with one attached hydrogen (secondary N) is 2. The Balaban J connectivity index is 1.64. The minimum atomic E-state index is -0.281. The third-order valence-electron chi connectivity index (χ3n) is 4.33. The minimum Gasteiger partial charge on any atom is -0.350 e. The molecule has 1 aromatic carbocycles. The van der Waals surface area contributed by atoms with Crippen LogP contribution in [0.5, 0.6) is 0 Å². The van der Waals surface area contributed by atoms with Crippen molar-refractivity contribution in [1.29, 1.82) is 0 Å². The summed E-state index contributed by atoms with van der Waals surface area (Å²) in [5.74, 6) is 0.344. The van der Waals surface area contributed by atoms with E-state index in [1.54, 1.807) is 22.4 Å². The number of hydrogen-bond acceptors (Lipinski definition) is 5. The molecule has 0 aliphatic carbocycles. The molecule has 136 valence electrons. The number of aryl methyl sites for hydroxylation is 1. The van der Waals surface area contributed by atoms with Gasteiger partial charge >= 0.3 is 5.69 Å². The van der Waals surface area contributed by atoms with Crippen molar-refractivity contribution in [3.05, 3.63) is 87.0 Å². The fourth-order valence-electron chi connectivity index (χ4n) is 3.03. The molecule has 0 fully saturated rings. The van der Waals surface area contributed by atoms with Gasteiger partial charge in [-0.25, -0.2) is 9.78 Å². The number of benzene rings is 1. The maximum Gasteiger partial charge on any atom is 0.329 e. The van der Waals surface area contributed by atoms with E-state index in [1.807, 2.05) is 42.5 Å². The summed E-state index contributed by atoms with van der Waals surface area (Å²) in [4.78, 5) is 35.9. The standard InChI is InChI=1S/C19H18N6O2/c1-24-15-7-2-3-8-16(15)25(19(24)27)12-14-10-17(26)23-18(22-14)21-11-13-6-4-5-9-20-13/h2-10H,11-12H2,1H3,(H2,21,22,23,26). The molecule has 0 unspecified atom stereocenters. The van der Waals surface area contributed by atoms with E-state index in [1.165, 1.54) is 6.07 Å². The average molecular weight is 362 g/mol. The van der Waals surface area contributed by atoms with Gasteiger partial charge in [0.05, 0.1) is 35.5 Å². The number of nitrogens with zero attached hydrogens (tertiary/aromatic N) is 4. The molecule has 0 aliphatic heterocycles. The van der Waals surface area contributed by atoms with E-state index in [4.69, 9.17) is 0 Å². The van der Waals surface area contributed by atoms with Gasteiger partial charge in [-0.1, -0.05) is 18.2 Å². The van der Waals surface area contributed by atoms with Crippen LogP contribution < -0.4 is 16.6 Å². The van der Waals surface area contributed by atoms with Gasteiger partial charge < -0.3 is 5.32 Å². The summed E-state index contributed by atoms with van der Waals surface area (Å²) in [5, 5.41) is 3.06. The first-order chi connectivity index (χ1) is 13.1. The number of aromatic amines is 1. The number of hydrogen-bond donors (Lipinski definition) is 2. The van der Waals surface area contributed by atoms with Crippen molar-refractivity contribution in [2.75, 3.05) is 5.32 Å². The van der Waals surface area contributed by atoms with Crippen LogP contribution in [-0.2, 0) is 20.1 Å². The number of H-pyrrole nitrogens is 1. The Morgan fingerprint density at radius 3 is 2.59 bits per heavy atom. The first-order valence-corrected chi connectivity index (χ1v) is 8.50. The van der Waals surface area contributed by atoms with Crippen molar-refractivity contribution >= 4 is 17.0 Å². The van der Waals surface area contributed by atoms with E-state index in [9.17, 15) is 9.59 Å². The van der Waals surface area contributed by atoms with Crippen molar-refractivity contribution in [2.24, 2.45) is 7.05 Å². The highest BCUT2D eigenvalue weighted by atomic mass is 16.1. The van der Waals surface area contributed by atoms with E-state index < -0.39 is 0 Å². The second-order valence-corrected chi connectivity index (χ2v) is 6.18. The molecule has 0 saturated carbocycles. The SMILES string of the molecule is Cn1c(=O)n(Cc2cc(=O)[nH]c(NCc3ccccn3)n2)c2ccccc21. The van der Waals surface area contributed by atoms with E-state index in [0.717, 1.165) is 16.7 Å². The molecule has 3 aromatic heterocycles. The van der Waals surface area contributed by atoms with Gasteiger partial charge in [0.2, 0.25) is 5.95 Å². The zero-order valence-corrected chi connectivity index (χ0v) is 14.7. The Bertz CT molecular complexity index is 1210. The Labute approximate surface area is 154 Å². The summed E-state index contributed by atoms with van der Waals surface area (Å²) in [6.45, 7) is 0.643. The van der Waals surface area contributed by atoms with Crippen LogP contribution in [0.15, 0.2) is 64.3 Å². The van der Waals surface area contributed by atoms with Crippen molar-refractivity contribution in [3.63, 3.8) is 0 Å². The van der Waals surface area contributed by atoms with Crippen molar-refractivity contribution in [2.45, 2.75) is 13.1 Å². The van der Waals surface area contributed by atoms with Crippen molar-refractivity contribution in [1.82, 2.24) is 24.1 Å². The van der Waals surface area contributed by atoms with Gasteiger partial charge in [-0.05, 0) is 24.3 Å². The lowest BCUT2D eigenvalue weighted by atomic mass is 10.3. The summed E-state index contributed by atoms with van der Waals surface area (Å²) < 4.78 is 3.20. The largest absolute Gasteiger partial charge is 0.350 e. The number of pyridine rings is 1. The highest BCUT2D eigenvalue weighted by Gasteiger charge is 2.12. The van der Waals surface area contributed by atoms with Gasteiger partial charge in [-0.3, -0.25) is 23.9 Å². The summed E-state index contributed by atoms with van der Waals surface area (Å²) in [7, 11) is 1.73. The van der Waals surface area contributed by atoms with E-state index in [-0.39, 0.29) is 17.8 Å². The maximum absolute atomic E-state index is 12.6. The number of para-hydroxylation sites is 2. The lowest BCUT2D eigenvalue weighted by Gasteiger charge is -2.07. The van der Waals surface area contributed by atoms with Crippen LogP contribution >= 0.6 is 0 Å². The molecule has 4 aromatic rings. The molecule has 3 heterocycles. The third-order valence-corrected chi connectivity index (χ3v) is 4.33. The Hall–Kier alpha value is -3.68. The Morgan fingerprint density at radius 1 is 1.04 bits per heavy atom. The second kappa shape index (κ2) is 6.91. The zero-order valence-electron chi connectivity index (χ0n) is 14.7. The summed E-state index contributed by atoms with van der Waals surface area (Å²) in [6.07, 6.45) is 1.70. The maximum atomic E-state index is 12.6. The summed E-state index contributed by atoms with van der Waals surface area (Å²) >= 11 is 0. The monoisotopic (exact) mass is 362 g/mol. The molecular weight excluding hydrogens is 344 g/mol. The smallest absolute Gasteiger partial charge is 0.329 e. The van der Waals surface area contributed by atoms with Gasteiger partial charge in [0, 0.05) is 19.3 Å². The van der Waals surface area contributed by atoms with Crippen LogP contribution in [0.2, 0.25) is 0 Å². The number of imidazole rings is 1. The fraction of sp³-hybridized carbons (Fsp3) is 0.158. The van der Waals surface area contributed by atoms with Crippen LogP contribution in [0.3, 0.4) is 0 Å². The molecular formula is C19H18N6O2. The molecule has 0 bridgehead atoms. The topological polar surface area (TPSA) is 97.6 Å². The number of rotatable bonds is 5. The van der Waals surface area contributed by atoms with Crippen LogP contribution in [0.25, 0.3) is 11.0 Å². The molecule has 2 N–H and O–H groups in total. The van der Waals surface area contributed by atoms with Gasteiger partial charge in [-0.15, -0.1) is 0 Å². The first kappa shape index (κ1) is 16.8. The van der Waals surface area contributed by atoms with E-state index in [0.29, 0.717) is 18.2 Å². The van der Waals surface area contributed by atoms with Crippen LogP contribution in [0.4, 0.5) is 5.95 Å². The molecule has 0 spiro atoms. The van der Waals surface area contributed by atoms with Gasteiger partial charge in [0.1, 0.15) is 0 Å². The number of aromatic nitrogens is 5. The quantitative estimate of drug-likeness (QED) is 0.560. The summed E-state index contributed by atoms with van der Waals surface area (Å²) in [6, 6.07) is 14.5. The predicted molar refractivity (Wildman–Crippen MR) is 103 cm³/mol. The lowest BCUT2D eigenvalue weighted by Crippen LogP contribution is -2.24. The normalized spacial score (nSPS) is 11.0. The molecule has 4 rings (SSSR count). The number of fused-ring (bicyclic) bond motifs is 1. The Kier molecular flexibility index (Phi) is 4.29. The Morgan fingerprint density at radius 2 is 1.81 bits per heavy atom. The molecule has 0 amide bonds. The molecule has 0 atom stereocenters. The van der Waals surface area contributed by atoms with Crippen LogP contribution in [0, 0.1) is 0 Å². The number of anilines is 1. The van der Waals surface area contributed by atoms with E-state index in [2.05, 4.69) is 20.3 Å². The highest BCUT2D eigenvalue weighted by molar-refractivity contribution is 5.75. The third kappa shape index (κ3) is 3.37. The van der Waals surface area contributed by atoms with Crippen molar-refractivity contribution < 1.29 is 0 Å². The second-order valence-electron chi connectivity index (χ2n) is 6.18. The van der Waals surface area contributed by atoms with Crippen LogP contribution in [-0.4, -0.2) is 24.1 Å². The molecule has 0 saturated heterocycles. The van der Waals surface area contributed by atoms with Gasteiger partial charge in [0.25, 0.3) is 5.56 Å². The van der Waals surface area contributed by atoms with Gasteiger partial charge in [-0.2, -0.15) is 0 Å².